The van der Waals surface area contributed by atoms with E-state index in [0.29, 0.717) is 11.5 Å². The van der Waals surface area contributed by atoms with Crippen LogP contribution in [0.3, 0.4) is 0 Å². The molecule has 1 aliphatic rings. The quantitative estimate of drug-likeness (QED) is 0.642. The summed E-state index contributed by atoms with van der Waals surface area (Å²) in [4.78, 5) is 7.49. The molecule has 136 valence electrons. The molecule has 1 aliphatic heterocycles. The van der Waals surface area contributed by atoms with E-state index >= 15 is 0 Å². The molecule has 1 fully saturated rings. The molecule has 3 aromatic rings. The molecule has 2 aromatic heterocycles. The van der Waals surface area contributed by atoms with Gasteiger partial charge >= 0.3 is 0 Å². The molecule has 3 heterocycles. The lowest BCUT2D eigenvalue weighted by molar-refractivity contribution is 0.438. The molecule has 5 nitrogen and oxygen atoms in total. The first-order valence-electron chi connectivity index (χ1n) is 9.37. The first-order chi connectivity index (χ1) is 13.3. The number of aromatic nitrogens is 2. The molecule has 0 atom stereocenters. The number of H-pyrrole nitrogens is 1. The number of benzene rings is 1. The third kappa shape index (κ3) is 3.57. The molecular formula is C22H23N5. The van der Waals surface area contributed by atoms with Gasteiger partial charge in [-0.15, -0.1) is 0 Å². The van der Waals surface area contributed by atoms with Crippen molar-refractivity contribution in [2.45, 2.75) is 19.8 Å². The summed E-state index contributed by atoms with van der Waals surface area (Å²) in [6.07, 6.45) is 12.0. The fourth-order valence-corrected chi connectivity index (χ4v) is 3.66. The minimum Gasteiger partial charge on any atom is -0.361 e. The fourth-order valence-electron chi connectivity index (χ4n) is 3.66. The topological polar surface area (TPSA) is 76.5 Å². The fraction of sp³-hybridized carbons (Fsp3) is 0.273. The van der Waals surface area contributed by atoms with Crippen LogP contribution in [0.2, 0.25) is 0 Å². The second-order valence-corrected chi connectivity index (χ2v) is 7.01. The van der Waals surface area contributed by atoms with Crippen molar-refractivity contribution in [3.63, 3.8) is 0 Å². The Hall–Kier alpha value is -3.10. The number of hydrogen-bond donors (Lipinski definition) is 3. The zero-order chi connectivity index (χ0) is 18.6. The van der Waals surface area contributed by atoms with Gasteiger partial charge in [0, 0.05) is 40.7 Å². The van der Waals surface area contributed by atoms with Crippen LogP contribution in [0.15, 0.2) is 42.9 Å². The number of nitrogens with one attached hydrogen (secondary N) is 3. The van der Waals surface area contributed by atoms with Gasteiger partial charge in [0.05, 0.1) is 11.3 Å². The molecule has 0 amide bonds. The van der Waals surface area contributed by atoms with Crippen molar-refractivity contribution in [3.8, 4) is 6.07 Å². The predicted molar refractivity (Wildman–Crippen MR) is 110 cm³/mol. The molecule has 1 saturated heterocycles. The van der Waals surface area contributed by atoms with Gasteiger partial charge in [-0.25, -0.2) is 0 Å². The molecule has 0 bridgehead atoms. The van der Waals surface area contributed by atoms with Crippen LogP contribution in [0.1, 0.15) is 29.5 Å². The van der Waals surface area contributed by atoms with Crippen LogP contribution in [0.5, 0.6) is 0 Å². The van der Waals surface area contributed by atoms with Gasteiger partial charge in [-0.3, -0.25) is 4.98 Å². The maximum atomic E-state index is 9.58. The van der Waals surface area contributed by atoms with Crippen molar-refractivity contribution >= 4 is 28.4 Å². The van der Waals surface area contributed by atoms with Crippen LogP contribution >= 0.6 is 0 Å². The molecule has 27 heavy (non-hydrogen) atoms. The Balaban J connectivity index is 1.69. The van der Waals surface area contributed by atoms with Gasteiger partial charge in [-0.2, -0.15) is 5.26 Å². The number of hydrogen-bond acceptors (Lipinski definition) is 4. The number of nitriles is 1. The highest BCUT2D eigenvalue weighted by molar-refractivity contribution is 5.89. The Morgan fingerprint density at radius 2 is 2.07 bits per heavy atom. The Bertz CT molecular complexity index is 1020. The molecule has 0 radical (unpaired) electrons. The van der Waals surface area contributed by atoms with E-state index in [-0.39, 0.29) is 0 Å². The number of anilines is 2. The Labute approximate surface area is 159 Å². The van der Waals surface area contributed by atoms with Gasteiger partial charge in [0.2, 0.25) is 0 Å². The monoisotopic (exact) mass is 357 g/mol. The molecule has 3 N–H and O–H groups in total. The van der Waals surface area contributed by atoms with Crippen LogP contribution in [-0.2, 0) is 0 Å². The molecule has 1 aromatic carbocycles. The Morgan fingerprint density at radius 3 is 2.89 bits per heavy atom. The van der Waals surface area contributed by atoms with Crippen molar-refractivity contribution in [1.82, 2.24) is 15.3 Å². The summed E-state index contributed by atoms with van der Waals surface area (Å²) in [5, 5.41) is 17.6. The van der Waals surface area contributed by atoms with Gasteiger partial charge in [0.15, 0.2) is 0 Å². The molecule has 0 spiro atoms. The zero-order valence-corrected chi connectivity index (χ0v) is 15.4. The Kier molecular flexibility index (Phi) is 4.91. The van der Waals surface area contributed by atoms with E-state index in [4.69, 9.17) is 0 Å². The average molecular weight is 357 g/mol. The van der Waals surface area contributed by atoms with Crippen molar-refractivity contribution in [1.29, 1.82) is 5.26 Å². The number of aromatic amines is 1. The number of piperidine rings is 1. The second kappa shape index (κ2) is 7.65. The molecule has 5 heteroatoms. The van der Waals surface area contributed by atoms with Crippen LogP contribution in [-0.4, -0.2) is 23.1 Å². The summed E-state index contributed by atoms with van der Waals surface area (Å²) in [5.41, 5.74) is 5.58. The normalized spacial score (nSPS) is 15.3. The summed E-state index contributed by atoms with van der Waals surface area (Å²) in [7, 11) is 0. The van der Waals surface area contributed by atoms with E-state index in [2.05, 4.69) is 63.9 Å². The summed E-state index contributed by atoms with van der Waals surface area (Å²) in [6, 6.07) is 8.46. The first kappa shape index (κ1) is 17.3. The van der Waals surface area contributed by atoms with Crippen molar-refractivity contribution < 1.29 is 0 Å². The lowest BCUT2D eigenvalue weighted by Crippen LogP contribution is -2.26. The van der Waals surface area contributed by atoms with E-state index in [1.54, 1.807) is 6.20 Å². The van der Waals surface area contributed by atoms with Gasteiger partial charge in [-0.1, -0.05) is 12.2 Å². The van der Waals surface area contributed by atoms with Gasteiger partial charge in [0.1, 0.15) is 6.07 Å². The van der Waals surface area contributed by atoms with Crippen LogP contribution in [0, 0.1) is 24.2 Å². The zero-order valence-electron chi connectivity index (χ0n) is 15.4. The van der Waals surface area contributed by atoms with Crippen molar-refractivity contribution in [3.05, 3.63) is 59.6 Å². The molecule has 0 unspecified atom stereocenters. The van der Waals surface area contributed by atoms with E-state index in [9.17, 15) is 5.26 Å². The van der Waals surface area contributed by atoms with E-state index in [0.717, 1.165) is 53.9 Å². The highest BCUT2D eigenvalue weighted by Gasteiger charge is 2.13. The number of allylic oxidation sites excluding steroid dienone is 1. The lowest BCUT2D eigenvalue weighted by Gasteiger charge is -2.19. The Morgan fingerprint density at radius 1 is 1.22 bits per heavy atom. The van der Waals surface area contributed by atoms with Crippen molar-refractivity contribution in [2.75, 3.05) is 18.4 Å². The molecule has 4 rings (SSSR count). The van der Waals surface area contributed by atoms with Crippen LogP contribution < -0.4 is 10.6 Å². The number of pyridine rings is 1. The minimum atomic E-state index is 0.552. The highest BCUT2D eigenvalue weighted by Crippen LogP contribution is 2.31. The summed E-state index contributed by atoms with van der Waals surface area (Å²) in [5.74, 6) is 0.572. The molecule has 0 saturated carbocycles. The summed E-state index contributed by atoms with van der Waals surface area (Å²) in [6.45, 7) is 4.22. The third-order valence-electron chi connectivity index (χ3n) is 5.29. The lowest BCUT2D eigenvalue weighted by atomic mass is 9.96. The van der Waals surface area contributed by atoms with Crippen LogP contribution in [0.25, 0.3) is 17.0 Å². The van der Waals surface area contributed by atoms with Crippen molar-refractivity contribution in [2.24, 2.45) is 5.92 Å². The second-order valence-electron chi connectivity index (χ2n) is 7.01. The van der Waals surface area contributed by atoms with E-state index in [1.807, 2.05) is 12.4 Å². The highest BCUT2D eigenvalue weighted by atomic mass is 14.9. The standard InChI is InChI=1S/C22H23N5/c1-15-19-8-11-26-21(19)5-4-20(15)27-22-17(13-25-14-18(22)12-23)3-2-16-6-9-24-10-7-16/h2-5,8,11,13-14,16,24,26H,6-7,9-10H2,1H3,(H,25,27)/b3-2+. The van der Waals surface area contributed by atoms with Gasteiger partial charge in [-0.05, 0) is 62.5 Å². The largest absolute Gasteiger partial charge is 0.361 e. The molecular weight excluding hydrogens is 334 g/mol. The summed E-state index contributed by atoms with van der Waals surface area (Å²) < 4.78 is 0. The van der Waals surface area contributed by atoms with Gasteiger partial charge in [0.25, 0.3) is 0 Å². The van der Waals surface area contributed by atoms with E-state index < -0.39 is 0 Å². The number of nitrogens with zero attached hydrogens (tertiary/aromatic N) is 2. The SMILES string of the molecule is Cc1c(Nc2c(C#N)cncc2/C=C/C2CCNCC2)ccc2[nH]ccc12. The number of aryl methyl sites for hydroxylation is 1. The smallest absolute Gasteiger partial charge is 0.103 e. The number of rotatable bonds is 4. The summed E-state index contributed by atoms with van der Waals surface area (Å²) >= 11 is 0. The molecule has 0 aliphatic carbocycles. The first-order valence-corrected chi connectivity index (χ1v) is 9.37. The maximum Gasteiger partial charge on any atom is 0.103 e. The predicted octanol–water partition coefficient (Wildman–Crippen LogP) is 4.50. The average Bonchev–Trinajstić information content (AvgIpc) is 3.19. The van der Waals surface area contributed by atoms with Crippen LogP contribution in [0.4, 0.5) is 11.4 Å². The maximum absolute atomic E-state index is 9.58. The third-order valence-corrected chi connectivity index (χ3v) is 5.29. The minimum absolute atomic E-state index is 0.552. The number of fused-ring (bicyclic) bond motifs is 1. The van der Waals surface area contributed by atoms with E-state index in [1.165, 1.54) is 5.39 Å². The van der Waals surface area contributed by atoms with Gasteiger partial charge < -0.3 is 15.6 Å².